The Kier molecular flexibility index (Phi) is 3.73. The lowest BCUT2D eigenvalue weighted by Crippen LogP contribution is -2.33. The van der Waals surface area contributed by atoms with Gasteiger partial charge in [0.1, 0.15) is 5.60 Å². The number of nitrogens with zero attached hydrogens (tertiary/aromatic N) is 1. The van der Waals surface area contributed by atoms with Gasteiger partial charge >= 0.3 is 5.97 Å². The zero-order valence-electron chi connectivity index (χ0n) is 10.1. The van der Waals surface area contributed by atoms with Crippen molar-refractivity contribution < 1.29 is 9.53 Å². The molecule has 0 aromatic heterocycles. The Hall–Kier alpha value is -0.610. The first-order valence-electron chi connectivity index (χ1n) is 5.56. The van der Waals surface area contributed by atoms with E-state index in [2.05, 4.69) is 6.92 Å². The van der Waals surface area contributed by atoms with Crippen molar-refractivity contribution in [1.82, 2.24) is 5.01 Å². The molecule has 0 aromatic carbocycles. The van der Waals surface area contributed by atoms with Crippen LogP contribution in [0.25, 0.3) is 0 Å². The van der Waals surface area contributed by atoms with Gasteiger partial charge in [0, 0.05) is 13.1 Å². The number of carbonyl (C=O) groups excluding carboxylic acids is 1. The molecule has 1 saturated heterocycles. The van der Waals surface area contributed by atoms with E-state index in [0.29, 0.717) is 12.5 Å². The molecule has 1 aliphatic heterocycles. The van der Waals surface area contributed by atoms with E-state index in [-0.39, 0.29) is 11.9 Å². The SMILES string of the molecule is CCC1CN(N)CC1C(=O)OC(C)(C)C. The van der Waals surface area contributed by atoms with Crippen LogP contribution >= 0.6 is 0 Å². The van der Waals surface area contributed by atoms with Crippen molar-refractivity contribution in [1.29, 1.82) is 0 Å². The van der Waals surface area contributed by atoms with E-state index in [0.717, 1.165) is 13.0 Å². The van der Waals surface area contributed by atoms with Crippen molar-refractivity contribution in [2.75, 3.05) is 13.1 Å². The van der Waals surface area contributed by atoms with Crippen molar-refractivity contribution in [3.63, 3.8) is 0 Å². The molecule has 1 rings (SSSR count). The van der Waals surface area contributed by atoms with Crippen LogP contribution in [0.15, 0.2) is 0 Å². The number of hydrazine groups is 1. The minimum atomic E-state index is -0.405. The molecule has 15 heavy (non-hydrogen) atoms. The van der Waals surface area contributed by atoms with E-state index < -0.39 is 5.60 Å². The summed E-state index contributed by atoms with van der Waals surface area (Å²) >= 11 is 0. The van der Waals surface area contributed by atoms with Gasteiger partial charge < -0.3 is 4.74 Å². The van der Waals surface area contributed by atoms with Gasteiger partial charge in [-0.3, -0.25) is 10.6 Å². The highest BCUT2D eigenvalue weighted by Crippen LogP contribution is 2.26. The number of hydrogen-bond acceptors (Lipinski definition) is 4. The van der Waals surface area contributed by atoms with Gasteiger partial charge in [-0.05, 0) is 26.7 Å². The summed E-state index contributed by atoms with van der Waals surface area (Å²) in [7, 11) is 0. The van der Waals surface area contributed by atoms with E-state index in [9.17, 15) is 4.79 Å². The van der Waals surface area contributed by atoms with Gasteiger partial charge in [-0.25, -0.2) is 5.01 Å². The largest absolute Gasteiger partial charge is 0.460 e. The van der Waals surface area contributed by atoms with Crippen molar-refractivity contribution >= 4 is 5.97 Å². The second-order valence-corrected chi connectivity index (χ2v) is 5.26. The van der Waals surface area contributed by atoms with Crippen molar-refractivity contribution in [2.24, 2.45) is 17.7 Å². The number of hydrogen-bond donors (Lipinski definition) is 1. The third-order valence-corrected chi connectivity index (χ3v) is 2.70. The molecule has 2 atom stereocenters. The summed E-state index contributed by atoms with van der Waals surface area (Å²) in [5.41, 5.74) is -0.405. The molecule has 4 nitrogen and oxygen atoms in total. The van der Waals surface area contributed by atoms with Gasteiger partial charge in [-0.2, -0.15) is 0 Å². The first-order chi connectivity index (χ1) is 6.83. The second kappa shape index (κ2) is 4.49. The van der Waals surface area contributed by atoms with Gasteiger partial charge in [-0.15, -0.1) is 0 Å². The lowest BCUT2D eigenvalue weighted by molar-refractivity contribution is -0.160. The Morgan fingerprint density at radius 2 is 2.07 bits per heavy atom. The molecule has 0 radical (unpaired) electrons. The first kappa shape index (κ1) is 12.5. The quantitative estimate of drug-likeness (QED) is 0.553. The molecule has 2 unspecified atom stereocenters. The zero-order chi connectivity index (χ0) is 11.6. The summed E-state index contributed by atoms with van der Waals surface area (Å²) in [6.07, 6.45) is 0.970. The Morgan fingerprint density at radius 1 is 1.47 bits per heavy atom. The topological polar surface area (TPSA) is 55.6 Å². The van der Waals surface area contributed by atoms with E-state index >= 15 is 0 Å². The van der Waals surface area contributed by atoms with Gasteiger partial charge in [0.25, 0.3) is 0 Å². The van der Waals surface area contributed by atoms with E-state index in [4.69, 9.17) is 10.6 Å². The summed E-state index contributed by atoms with van der Waals surface area (Å²) < 4.78 is 5.38. The van der Waals surface area contributed by atoms with Crippen molar-refractivity contribution in [2.45, 2.75) is 39.7 Å². The van der Waals surface area contributed by atoms with Gasteiger partial charge in [-0.1, -0.05) is 13.3 Å². The summed E-state index contributed by atoms with van der Waals surface area (Å²) in [5.74, 6) is 5.89. The number of rotatable bonds is 2. The van der Waals surface area contributed by atoms with Crippen LogP contribution in [0.5, 0.6) is 0 Å². The average molecular weight is 214 g/mol. The Bertz CT molecular complexity index is 235. The molecule has 4 heteroatoms. The number of ether oxygens (including phenoxy) is 1. The average Bonchev–Trinajstić information content (AvgIpc) is 2.43. The molecule has 2 N–H and O–H groups in total. The van der Waals surface area contributed by atoms with Crippen LogP contribution in [-0.2, 0) is 9.53 Å². The zero-order valence-corrected chi connectivity index (χ0v) is 10.1. The molecule has 1 fully saturated rings. The monoisotopic (exact) mass is 214 g/mol. The lowest BCUT2D eigenvalue weighted by Gasteiger charge is -2.23. The van der Waals surface area contributed by atoms with Crippen LogP contribution in [0, 0.1) is 11.8 Å². The molecular formula is C11H22N2O2. The highest BCUT2D eigenvalue weighted by Gasteiger charge is 2.37. The smallest absolute Gasteiger partial charge is 0.311 e. The van der Waals surface area contributed by atoms with Crippen LogP contribution in [0.2, 0.25) is 0 Å². The van der Waals surface area contributed by atoms with E-state index in [1.807, 2.05) is 20.8 Å². The maximum absolute atomic E-state index is 11.9. The lowest BCUT2D eigenvalue weighted by atomic mass is 9.93. The van der Waals surface area contributed by atoms with Crippen LogP contribution in [0.1, 0.15) is 34.1 Å². The van der Waals surface area contributed by atoms with E-state index in [1.54, 1.807) is 5.01 Å². The van der Waals surface area contributed by atoms with Gasteiger partial charge in [0.15, 0.2) is 0 Å². The number of esters is 1. The molecule has 0 aliphatic carbocycles. The minimum absolute atomic E-state index is 0.0563. The fourth-order valence-corrected chi connectivity index (χ4v) is 1.96. The molecule has 1 heterocycles. The second-order valence-electron chi connectivity index (χ2n) is 5.26. The highest BCUT2D eigenvalue weighted by atomic mass is 16.6. The van der Waals surface area contributed by atoms with Crippen LogP contribution < -0.4 is 5.84 Å². The summed E-state index contributed by atoms with van der Waals surface area (Å²) in [4.78, 5) is 11.9. The van der Waals surface area contributed by atoms with Gasteiger partial charge in [0.05, 0.1) is 5.92 Å². The number of carbonyl (C=O) groups is 1. The Morgan fingerprint density at radius 3 is 2.53 bits per heavy atom. The first-order valence-corrected chi connectivity index (χ1v) is 5.56. The molecule has 1 aliphatic rings. The van der Waals surface area contributed by atoms with E-state index in [1.165, 1.54) is 0 Å². The molecule has 88 valence electrons. The molecule has 0 spiro atoms. The molecule has 0 amide bonds. The fourth-order valence-electron chi connectivity index (χ4n) is 1.96. The van der Waals surface area contributed by atoms with Crippen molar-refractivity contribution in [3.05, 3.63) is 0 Å². The molecular weight excluding hydrogens is 192 g/mol. The summed E-state index contributed by atoms with van der Waals surface area (Å²) in [6.45, 7) is 9.16. The van der Waals surface area contributed by atoms with Crippen LogP contribution in [0.4, 0.5) is 0 Å². The Labute approximate surface area is 91.7 Å². The third kappa shape index (κ3) is 3.47. The number of nitrogens with two attached hydrogens (primary N) is 1. The standard InChI is InChI=1S/C11H22N2O2/c1-5-8-6-13(12)7-9(8)10(14)15-11(2,3)4/h8-9H,5-7,12H2,1-4H3. The van der Waals surface area contributed by atoms with Crippen LogP contribution in [0.3, 0.4) is 0 Å². The summed E-state index contributed by atoms with van der Waals surface area (Å²) in [5, 5.41) is 1.71. The van der Waals surface area contributed by atoms with Gasteiger partial charge in [0.2, 0.25) is 0 Å². The maximum atomic E-state index is 11.9. The Balaban J connectivity index is 2.59. The minimum Gasteiger partial charge on any atom is -0.460 e. The fraction of sp³-hybridized carbons (Fsp3) is 0.909. The summed E-state index contributed by atoms with van der Waals surface area (Å²) in [6, 6.07) is 0. The predicted octanol–water partition coefficient (Wildman–Crippen LogP) is 1.16. The van der Waals surface area contributed by atoms with Crippen LogP contribution in [-0.4, -0.2) is 29.7 Å². The highest BCUT2D eigenvalue weighted by molar-refractivity contribution is 5.74. The maximum Gasteiger partial charge on any atom is 0.311 e. The normalized spacial score (nSPS) is 28.1. The third-order valence-electron chi connectivity index (χ3n) is 2.70. The predicted molar refractivity (Wildman–Crippen MR) is 58.9 cm³/mol. The van der Waals surface area contributed by atoms with Crippen molar-refractivity contribution in [3.8, 4) is 0 Å². The molecule has 0 bridgehead atoms. The molecule has 0 aromatic rings. The molecule has 0 saturated carbocycles.